The Hall–Kier alpha value is 1.09. The average molecular weight is 174 g/mol. The summed E-state index contributed by atoms with van der Waals surface area (Å²) in [6.07, 6.45) is 0. The standard InChI is InChI=1S/C2H5Ge.Ge/c1-2-3;/h2H2,1H3;. The largest absolute Gasteiger partial charge is 0 e. The summed E-state index contributed by atoms with van der Waals surface area (Å²) in [6.45, 7) is 2.12. The summed E-state index contributed by atoms with van der Waals surface area (Å²) in [6, 6.07) is 0. The third-order valence-corrected chi connectivity index (χ3v) is 0. The second-order valence-corrected chi connectivity index (χ2v) is 1.84. The molecule has 0 N–H and O–H groups in total. The van der Waals surface area contributed by atoms with E-state index in [1.54, 1.807) is 0 Å². The molecular formula is C2H5Ge2. The van der Waals surface area contributed by atoms with E-state index < -0.39 is 0 Å². The fourth-order valence-electron chi connectivity index (χ4n) is 0. The van der Waals surface area contributed by atoms with Crippen LogP contribution in [0, 0.1) is 0 Å². The van der Waals surface area contributed by atoms with E-state index >= 15 is 0 Å². The van der Waals surface area contributed by atoms with Gasteiger partial charge in [-0.25, -0.2) is 0 Å². The first-order valence-electron chi connectivity index (χ1n) is 1.06. The van der Waals surface area contributed by atoms with E-state index in [1.165, 1.54) is 5.25 Å². The van der Waals surface area contributed by atoms with Crippen molar-refractivity contribution in [1.29, 1.82) is 0 Å². The monoisotopic (exact) mass is 177 g/mol. The summed E-state index contributed by atoms with van der Waals surface area (Å²) in [7, 11) is 0. The van der Waals surface area contributed by atoms with Crippen molar-refractivity contribution in [2.24, 2.45) is 0 Å². The molecule has 0 atom stereocenters. The van der Waals surface area contributed by atoms with Gasteiger partial charge >= 0.3 is 28.7 Å². The number of hydrogen-bond donors (Lipinski definition) is 0. The first-order valence-corrected chi connectivity index (χ1v) is 2.54. The zero-order valence-electron chi connectivity index (χ0n) is 2.71. The maximum Gasteiger partial charge on any atom is 0 e. The minimum absolute atomic E-state index is 0. The van der Waals surface area contributed by atoms with Crippen molar-refractivity contribution in [2.45, 2.75) is 12.2 Å². The molecule has 0 aromatic heterocycles. The number of hydrogen-bond acceptors (Lipinski definition) is 0. The van der Waals surface area contributed by atoms with Gasteiger partial charge in [-0.2, -0.15) is 0 Å². The van der Waals surface area contributed by atoms with Crippen molar-refractivity contribution in [3.05, 3.63) is 0 Å². The third kappa shape index (κ3) is 11.4. The fourth-order valence-corrected chi connectivity index (χ4v) is 0. The first-order chi connectivity index (χ1) is 1.41. The normalized spacial score (nSPS) is 4.50. The molecule has 0 saturated heterocycles. The molecule has 0 aliphatic carbocycles. The minimum Gasteiger partial charge on any atom is 0 e. The Morgan fingerprint density at radius 3 is 1.75 bits per heavy atom. The Morgan fingerprint density at radius 2 is 1.75 bits per heavy atom. The van der Waals surface area contributed by atoms with E-state index in [-0.39, 0.29) is 17.6 Å². The number of rotatable bonds is 0. The molecule has 0 amide bonds. The van der Waals surface area contributed by atoms with E-state index in [4.69, 9.17) is 0 Å². The van der Waals surface area contributed by atoms with Crippen LogP contribution in [0.4, 0.5) is 0 Å². The summed E-state index contributed by atoms with van der Waals surface area (Å²) >= 11 is 2.12. The molecule has 0 saturated carbocycles. The Kier molecular flexibility index (Phi) is 19.9. The zero-order valence-corrected chi connectivity index (χ0v) is 6.90. The van der Waals surface area contributed by atoms with Crippen LogP contribution in [0.3, 0.4) is 0 Å². The van der Waals surface area contributed by atoms with E-state index in [2.05, 4.69) is 23.4 Å². The van der Waals surface area contributed by atoms with Gasteiger partial charge in [0, 0.05) is 17.6 Å². The van der Waals surface area contributed by atoms with Gasteiger partial charge in [0.1, 0.15) is 0 Å². The molecule has 0 aromatic carbocycles. The average Bonchev–Trinajstić information content (AvgIpc) is 0.918. The molecular weight excluding hydrogens is 169 g/mol. The third-order valence-electron chi connectivity index (χ3n) is 0. The smallest absolute Gasteiger partial charge is 0 e. The molecule has 21 valence electrons. The van der Waals surface area contributed by atoms with E-state index in [9.17, 15) is 0 Å². The van der Waals surface area contributed by atoms with Gasteiger partial charge in [0.2, 0.25) is 0 Å². The molecule has 0 unspecified atom stereocenters. The summed E-state index contributed by atoms with van der Waals surface area (Å²) in [5.41, 5.74) is 0. The SMILES string of the molecule is C[CH2][Ge].[Ge]. The Labute approximate surface area is 46.5 Å². The van der Waals surface area contributed by atoms with Crippen LogP contribution in [0.1, 0.15) is 6.92 Å². The molecule has 0 aliphatic rings. The van der Waals surface area contributed by atoms with Gasteiger partial charge in [0.15, 0.2) is 0 Å². The first kappa shape index (κ1) is 8.92. The van der Waals surface area contributed by atoms with Crippen molar-refractivity contribution in [3.8, 4) is 0 Å². The molecule has 7 radical (unpaired) electrons. The van der Waals surface area contributed by atoms with Gasteiger partial charge in [0.05, 0.1) is 0 Å². The molecule has 0 aliphatic heterocycles. The molecule has 0 spiro atoms. The maximum absolute atomic E-state index is 2.12. The van der Waals surface area contributed by atoms with Gasteiger partial charge < -0.3 is 0 Å². The van der Waals surface area contributed by atoms with Gasteiger partial charge in [0.25, 0.3) is 0 Å². The van der Waals surface area contributed by atoms with E-state index in [1.807, 2.05) is 0 Å². The van der Waals surface area contributed by atoms with Crippen LogP contribution in [-0.2, 0) is 0 Å². The minimum atomic E-state index is 0. The van der Waals surface area contributed by atoms with Crippen LogP contribution in [0.2, 0.25) is 5.25 Å². The van der Waals surface area contributed by atoms with Gasteiger partial charge in [-0.1, -0.05) is 0 Å². The van der Waals surface area contributed by atoms with Crippen molar-refractivity contribution in [2.75, 3.05) is 0 Å². The van der Waals surface area contributed by atoms with Crippen LogP contribution < -0.4 is 0 Å². The molecule has 2 heteroatoms. The molecule has 0 aromatic rings. The Morgan fingerprint density at radius 1 is 1.75 bits per heavy atom. The Balaban J connectivity index is 0. The molecule has 0 fully saturated rings. The van der Waals surface area contributed by atoms with E-state index in [0.717, 1.165) is 0 Å². The van der Waals surface area contributed by atoms with Crippen LogP contribution in [0.5, 0.6) is 0 Å². The molecule has 0 rings (SSSR count). The Bertz CT molecular complexity index is 4.00. The summed E-state index contributed by atoms with van der Waals surface area (Å²) < 4.78 is 0. The van der Waals surface area contributed by atoms with Crippen LogP contribution in [0.25, 0.3) is 0 Å². The fraction of sp³-hybridized carbons (Fsp3) is 1.00. The van der Waals surface area contributed by atoms with Crippen molar-refractivity contribution < 1.29 is 0 Å². The summed E-state index contributed by atoms with van der Waals surface area (Å²) in [5, 5.41) is 1.25. The van der Waals surface area contributed by atoms with Crippen molar-refractivity contribution in [1.82, 2.24) is 0 Å². The van der Waals surface area contributed by atoms with Gasteiger partial charge in [-0.3, -0.25) is 0 Å². The molecule has 4 heavy (non-hydrogen) atoms. The summed E-state index contributed by atoms with van der Waals surface area (Å²) in [4.78, 5) is 0. The quantitative estimate of drug-likeness (QED) is 0.461. The molecule has 0 bridgehead atoms. The topological polar surface area (TPSA) is 0 Å². The second-order valence-electron chi connectivity index (χ2n) is 0.354. The zero-order chi connectivity index (χ0) is 2.71. The van der Waals surface area contributed by atoms with Crippen LogP contribution in [-0.4, -0.2) is 34.1 Å². The van der Waals surface area contributed by atoms with Crippen molar-refractivity contribution >= 4 is 34.1 Å². The predicted molar refractivity (Wildman–Crippen MR) is 22.0 cm³/mol. The second kappa shape index (κ2) is 8.94. The van der Waals surface area contributed by atoms with Gasteiger partial charge in [-0.05, 0) is 0 Å². The van der Waals surface area contributed by atoms with Crippen molar-refractivity contribution in [3.63, 3.8) is 0 Å². The van der Waals surface area contributed by atoms with Gasteiger partial charge in [-0.15, -0.1) is 0 Å². The van der Waals surface area contributed by atoms with Crippen LogP contribution >= 0.6 is 0 Å². The molecule has 0 heterocycles. The summed E-state index contributed by atoms with van der Waals surface area (Å²) in [5.74, 6) is 0. The van der Waals surface area contributed by atoms with E-state index in [0.29, 0.717) is 0 Å². The van der Waals surface area contributed by atoms with Crippen LogP contribution in [0.15, 0.2) is 0 Å². The molecule has 0 nitrogen and oxygen atoms in total. The predicted octanol–water partition coefficient (Wildman–Crippen LogP) is 0.212. The maximum atomic E-state index is 2.12.